The summed E-state index contributed by atoms with van der Waals surface area (Å²) >= 11 is 0. The molecule has 0 saturated carbocycles. The predicted molar refractivity (Wildman–Crippen MR) is 63.7 cm³/mol. The van der Waals surface area contributed by atoms with E-state index in [1.807, 2.05) is 0 Å². The lowest BCUT2D eigenvalue weighted by Gasteiger charge is -2.21. The van der Waals surface area contributed by atoms with Crippen molar-refractivity contribution in [3.05, 3.63) is 17.7 Å². The third kappa shape index (κ3) is 2.24. The number of hydrogen-bond donors (Lipinski definition) is 1. The van der Waals surface area contributed by atoms with Crippen LogP contribution >= 0.6 is 0 Å². The number of aliphatic hydroxyl groups is 1. The maximum absolute atomic E-state index is 9.21. The first-order chi connectivity index (χ1) is 8.36. The van der Waals surface area contributed by atoms with Crippen LogP contribution in [0.4, 0.5) is 0 Å². The Kier molecular flexibility index (Phi) is 3.16. The molecule has 0 spiro atoms. The summed E-state index contributed by atoms with van der Waals surface area (Å²) < 4.78 is 7.98. The molecule has 2 aliphatic heterocycles. The van der Waals surface area contributed by atoms with E-state index < -0.39 is 0 Å². The fourth-order valence-corrected chi connectivity index (χ4v) is 2.81. The Balaban J connectivity index is 1.77. The van der Waals surface area contributed by atoms with E-state index in [2.05, 4.69) is 10.8 Å². The van der Waals surface area contributed by atoms with Crippen molar-refractivity contribution in [3.8, 4) is 0 Å². The van der Waals surface area contributed by atoms with Gasteiger partial charge < -0.3 is 14.4 Å². The van der Waals surface area contributed by atoms with Crippen LogP contribution < -0.4 is 0 Å². The highest BCUT2D eigenvalue weighted by atomic mass is 16.5. The van der Waals surface area contributed by atoms with Crippen molar-refractivity contribution in [1.29, 1.82) is 0 Å². The van der Waals surface area contributed by atoms with Gasteiger partial charge in [-0.3, -0.25) is 0 Å². The molecule has 1 aromatic rings. The second-order valence-electron chi connectivity index (χ2n) is 5.18. The van der Waals surface area contributed by atoms with Crippen molar-refractivity contribution in [2.45, 2.75) is 44.8 Å². The minimum atomic E-state index is 0.203. The SMILES string of the molecule is OCC1CCc2nc(C3CCCCO3)cn2C1. The number of nitrogens with zero attached hydrogens (tertiary/aromatic N) is 2. The second-order valence-corrected chi connectivity index (χ2v) is 5.18. The fraction of sp³-hybridized carbons (Fsp3) is 0.769. The highest BCUT2D eigenvalue weighted by molar-refractivity contribution is 5.10. The quantitative estimate of drug-likeness (QED) is 0.850. The number of aliphatic hydroxyl groups excluding tert-OH is 1. The summed E-state index contributed by atoms with van der Waals surface area (Å²) in [6, 6.07) is 0. The molecule has 0 aliphatic carbocycles. The van der Waals surface area contributed by atoms with Crippen LogP contribution in [0, 0.1) is 5.92 Å². The van der Waals surface area contributed by atoms with Crippen molar-refractivity contribution in [2.24, 2.45) is 5.92 Å². The van der Waals surface area contributed by atoms with Gasteiger partial charge in [-0.2, -0.15) is 0 Å². The monoisotopic (exact) mass is 236 g/mol. The van der Waals surface area contributed by atoms with E-state index in [4.69, 9.17) is 9.72 Å². The van der Waals surface area contributed by atoms with Crippen LogP contribution in [0.5, 0.6) is 0 Å². The molecule has 3 heterocycles. The molecule has 1 N–H and O–H groups in total. The molecule has 4 heteroatoms. The van der Waals surface area contributed by atoms with Crippen LogP contribution in [-0.2, 0) is 17.7 Å². The van der Waals surface area contributed by atoms with Gasteiger partial charge in [0, 0.05) is 38.3 Å². The fourth-order valence-electron chi connectivity index (χ4n) is 2.81. The number of aromatic nitrogens is 2. The van der Waals surface area contributed by atoms with E-state index in [-0.39, 0.29) is 12.7 Å². The molecule has 17 heavy (non-hydrogen) atoms. The lowest BCUT2D eigenvalue weighted by Crippen LogP contribution is -2.22. The van der Waals surface area contributed by atoms with Gasteiger partial charge in [0.2, 0.25) is 0 Å². The van der Waals surface area contributed by atoms with Crippen molar-refractivity contribution >= 4 is 0 Å². The molecule has 0 radical (unpaired) electrons. The van der Waals surface area contributed by atoms with Gasteiger partial charge in [0.1, 0.15) is 11.9 Å². The van der Waals surface area contributed by atoms with E-state index >= 15 is 0 Å². The highest BCUT2D eigenvalue weighted by Crippen LogP contribution is 2.29. The number of ether oxygens (including phenoxy) is 1. The number of imidazole rings is 1. The Morgan fingerprint density at radius 1 is 1.41 bits per heavy atom. The zero-order chi connectivity index (χ0) is 11.7. The van der Waals surface area contributed by atoms with Gasteiger partial charge in [0.05, 0.1) is 5.69 Å². The van der Waals surface area contributed by atoms with Crippen molar-refractivity contribution < 1.29 is 9.84 Å². The third-order valence-corrected chi connectivity index (χ3v) is 3.88. The molecule has 94 valence electrons. The smallest absolute Gasteiger partial charge is 0.109 e. The first-order valence-electron chi connectivity index (χ1n) is 6.65. The number of rotatable bonds is 2. The van der Waals surface area contributed by atoms with Gasteiger partial charge in [0.15, 0.2) is 0 Å². The molecule has 0 bridgehead atoms. The molecule has 2 atom stereocenters. The largest absolute Gasteiger partial charge is 0.396 e. The van der Waals surface area contributed by atoms with Crippen LogP contribution in [0.3, 0.4) is 0 Å². The first-order valence-corrected chi connectivity index (χ1v) is 6.65. The molecule has 1 aromatic heterocycles. The Hall–Kier alpha value is -0.870. The topological polar surface area (TPSA) is 47.3 Å². The van der Waals surface area contributed by atoms with E-state index in [0.717, 1.165) is 38.1 Å². The average molecular weight is 236 g/mol. The second kappa shape index (κ2) is 4.78. The molecule has 0 aromatic carbocycles. The van der Waals surface area contributed by atoms with Crippen LogP contribution in [-0.4, -0.2) is 27.9 Å². The summed E-state index contributed by atoms with van der Waals surface area (Å²) in [7, 11) is 0. The summed E-state index contributed by atoms with van der Waals surface area (Å²) in [6.45, 7) is 2.06. The Bertz CT molecular complexity index is 383. The van der Waals surface area contributed by atoms with Crippen molar-refractivity contribution in [2.75, 3.05) is 13.2 Å². The van der Waals surface area contributed by atoms with Gasteiger partial charge in [-0.1, -0.05) is 0 Å². The normalized spacial score (nSPS) is 29.0. The van der Waals surface area contributed by atoms with Crippen LogP contribution in [0.1, 0.15) is 43.3 Å². The van der Waals surface area contributed by atoms with Crippen molar-refractivity contribution in [1.82, 2.24) is 9.55 Å². The van der Waals surface area contributed by atoms with E-state index in [1.54, 1.807) is 0 Å². The molecular weight excluding hydrogens is 216 g/mol. The van der Waals surface area contributed by atoms with Gasteiger partial charge in [-0.25, -0.2) is 4.98 Å². The Labute approximate surface area is 102 Å². The maximum Gasteiger partial charge on any atom is 0.109 e. The van der Waals surface area contributed by atoms with Gasteiger partial charge in [-0.05, 0) is 25.7 Å². The van der Waals surface area contributed by atoms with Crippen LogP contribution in [0.15, 0.2) is 6.20 Å². The van der Waals surface area contributed by atoms with Gasteiger partial charge in [0.25, 0.3) is 0 Å². The number of aryl methyl sites for hydroxylation is 1. The highest BCUT2D eigenvalue weighted by Gasteiger charge is 2.24. The van der Waals surface area contributed by atoms with Crippen LogP contribution in [0.25, 0.3) is 0 Å². The van der Waals surface area contributed by atoms with Crippen LogP contribution in [0.2, 0.25) is 0 Å². The predicted octanol–water partition coefficient (Wildman–Crippen LogP) is 1.68. The maximum atomic E-state index is 9.21. The minimum Gasteiger partial charge on any atom is -0.396 e. The molecule has 3 rings (SSSR count). The summed E-state index contributed by atoms with van der Waals surface area (Å²) in [5, 5.41) is 9.21. The first kappa shape index (κ1) is 11.2. The zero-order valence-electron chi connectivity index (χ0n) is 10.1. The summed E-state index contributed by atoms with van der Waals surface area (Å²) in [5.74, 6) is 1.57. The standard InChI is InChI=1S/C13H20N2O2/c16-9-10-4-5-13-14-11(8-15(13)7-10)12-3-1-2-6-17-12/h8,10,12,16H,1-7,9H2. The average Bonchev–Trinajstić information content (AvgIpc) is 2.82. The summed E-state index contributed by atoms with van der Waals surface area (Å²) in [5.41, 5.74) is 1.10. The summed E-state index contributed by atoms with van der Waals surface area (Å²) in [4.78, 5) is 4.70. The minimum absolute atomic E-state index is 0.203. The summed E-state index contributed by atoms with van der Waals surface area (Å²) in [6.07, 6.45) is 7.89. The van der Waals surface area contributed by atoms with E-state index in [0.29, 0.717) is 5.92 Å². The Morgan fingerprint density at radius 2 is 2.35 bits per heavy atom. The van der Waals surface area contributed by atoms with E-state index in [1.165, 1.54) is 18.7 Å². The van der Waals surface area contributed by atoms with E-state index in [9.17, 15) is 5.11 Å². The third-order valence-electron chi connectivity index (χ3n) is 3.88. The molecular formula is C13H20N2O2. The number of fused-ring (bicyclic) bond motifs is 1. The lowest BCUT2D eigenvalue weighted by atomic mass is 10.0. The molecule has 0 amide bonds. The molecule has 4 nitrogen and oxygen atoms in total. The zero-order valence-corrected chi connectivity index (χ0v) is 10.1. The lowest BCUT2D eigenvalue weighted by molar-refractivity contribution is 0.0124. The molecule has 2 aliphatic rings. The van der Waals surface area contributed by atoms with Crippen molar-refractivity contribution in [3.63, 3.8) is 0 Å². The Morgan fingerprint density at radius 3 is 3.12 bits per heavy atom. The molecule has 1 fully saturated rings. The number of hydrogen-bond acceptors (Lipinski definition) is 3. The molecule has 1 saturated heterocycles. The van der Waals surface area contributed by atoms with Gasteiger partial charge >= 0.3 is 0 Å². The van der Waals surface area contributed by atoms with Gasteiger partial charge in [-0.15, -0.1) is 0 Å². The molecule has 2 unspecified atom stereocenters.